The Morgan fingerprint density at radius 1 is 1.15 bits per heavy atom. The van der Waals surface area contributed by atoms with Crippen LogP contribution in [0.1, 0.15) is 72.9 Å². The lowest BCUT2D eigenvalue weighted by atomic mass is 9.40. The van der Waals surface area contributed by atoms with Gasteiger partial charge in [0.15, 0.2) is 18.0 Å². The van der Waals surface area contributed by atoms with Crippen LogP contribution in [0.25, 0.3) is 0 Å². The normalized spacial score (nSPS) is 39.3. The van der Waals surface area contributed by atoms with E-state index in [0.717, 1.165) is 7.41 Å². The van der Waals surface area contributed by atoms with Crippen LogP contribution >= 0.6 is 0 Å². The Balaban J connectivity index is 1.62. The molecule has 5 rings (SSSR count). The molecule has 249 valence electrons. The topological polar surface area (TPSA) is 169 Å². The number of ether oxygens (including phenoxy) is 3. The van der Waals surface area contributed by atoms with E-state index >= 15 is 0 Å². The number of nitrogens with one attached hydrogen (secondary N) is 1. The second-order valence-corrected chi connectivity index (χ2v) is 14.5. The van der Waals surface area contributed by atoms with Crippen LogP contribution in [0.2, 0.25) is 0 Å². The molecule has 0 unspecified atom stereocenters. The molecular formula is C34H45BNO10. The van der Waals surface area contributed by atoms with Crippen molar-refractivity contribution in [2.45, 2.75) is 103 Å². The molecule has 2 bridgehead atoms. The van der Waals surface area contributed by atoms with Crippen molar-refractivity contribution in [3.05, 3.63) is 47.0 Å². The van der Waals surface area contributed by atoms with Gasteiger partial charge in [-0.05, 0) is 42.4 Å². The molecule has 1 aromatic carbocycles. The van der Waals surface area contributed by atoms with Gasteiger partial charge in [-0.25, -0.2) is 4.79 Å². The highest BCUT2D eigenvalue weighted by Crippen LogP contribution is 2.67. The Morgan fingerprint density at radius 3 is 2.37 bits per heavy atom. The minimum absolute atomic E-state index is 0.0793. The van der Waals surface area contributed by atoms with E-state index in [1.54, 1.807) is 58.0 Å². The third kappa shape index (κ3) is 4.99. The number of hydrogen-bond donors (Lipinski definition) is 4. The van der Waals surface area contributed by atoms with Gasteiger partial charge in [-0.2, -0.15) is 0 Å². The largest absolute Gasteiger partial charge is 0.456 e. The fourth-order valence-electron chi connectivity index (χ4n) is 9.34. The molecule has 4 N–H and O–H groups in total. The van der Waals surface area contributed by atoms with Gasteiger partial charge in [-0.3, -0.25) is 9.59 Å². The monoisotopic (exact) mass is 638 g/mol. The number of esters is 2. The molecule has 0 spiro atoms. The Hall–Kier alpha value is -2.90. The number of fused-ring (bicyclic) bond motifs is 5. The van der Waals surface area contributed by atoms with E-state index in [0.29, 0.717) is 29.5 Å². The number of rotatable bonds is 8. The maximum absolute atomic E-state index is 14.8. The van der Waals surface area contributed by atoms with E-state index in [1.807, 2.05) is 13.8 Å². The summed E-state index contributed by atoms with van der Waals surface area (Å²) in [6, 6.07) is 7.59. The van der Waals surface area contributed by atoms with Gasteiger partial charge in [-0.1, -0.05) is 58.0 Å². The summed E-state index contributed by atoms with van der Waals surface area (Å²) in [7, 11) is 1.08. The van der Waals surface area contributed by atoms with Crippen molar-refractivity contribution in [3.8, 4) is 0 Å². The van der Waals surface area contributed by atoms with Crippen LogP contribution in [0.15, 0.2) is 41.5 Å². The maximum Gasteiger partial charge on any atom is 0.337 e. The van der Waals surface area contributed by atoms with Crippen molar-refractivity contribution in [1.29, 1.82) is 0 Å². The van der Waals surface area contributed by atoms with Gasteiger partial charge in [0.2, 0.25) is 0 Å². The Bertz CT molecular complexity index is 1430. The van der Waals surface area contributed by atoms with Gasteiger partial charge in [0, 0.05) is 30.6 Å². The van der Waals surface area contributed by atoms with E-state index in [-0.39, 0.29) is 18.9 Å². The van der Waals surface area contributed by atoms with Crippen molar-refractivity contribution in [2.24, 2.45) is 28.1 Å². The summed E-state index contributed by atoms with van der Waals surface area (Å²) in [6.45, 7) is 12.3. The summed E-state index contributed by atoms with van der Waals surface area (Å²) in [5.41, 5.74) is -3.51. The first-order chi connectivity index (χ1) is 21.5. The number of carbonyl (C=O) groups excluding carboxylic acids is 4. The first-order valence-electron chi connectivity index (χ1n) is 15.9. The molecule has 0 aromatic heterocycles. The van der Waals surface area contributed by atoms with Crippen molar-refractivity contribution in [3.63, 3.8) is 0 Å². The molecule has 2 saturated carbocycles. The third-order valence-corrected chi connectivity index (χ3v) is 11.9. The number of hydrogen-bond acceptors (Lipinski definition) is 11. The highest BCUT2D eigenvalue weighted by atomic mass is 16.6. The fourth-order valence-corrected chi connectivity index (χ4v) is 9.34. The molecule has 11 atom stereocenters. The summed E-state index contributed by atoms with van der Waals surface area (Å²) in [4.78, 5) is 52.1. The van der Waals surface area contributed by atoms with Crippen LogP contribution in [0.4, 0.5) is 0 Å². The van der Waals surface area contributed by atoms with Gasteiger partial charge in [0.05, 0.1) is 42.1 Å². The van der Waals surface area contributed by atoms with Gasteiger partial charge < -0.3 is 39.6 Å². The van der Waals surface area contributed by atoms with Gasteiger partial charge in [0.25, 0.3) is 7.41 Å². The van der Waals surface area contributed by atoms with Gasteiger partial charge >= 0.3 is 11.9 Å². The molecular weight excluding hydrogens is 593 g/mol. The summed E-state index contributed by atoms with van der Waals surface area (Å²) in [6.07, 6.45) is -5.13. The second kappa shape index (κ2) is 12.0. The zero-order valence-corrected chi connectivity index (χ0v) is 27.5. The molecule has 0 amide bonds. The number of ketones is 1. The molecule has 1 aliphatic heterocycles. The van der Waals surface area contributed by atoms with Crippen LogP contribution in [-0.2, 0) is 33.4 Å². The number of aliphatic hydroxyl groups excluding tert-OH is 2. The quantitative estimate of drug-likeness (QED) is 0.142. The summed E-state index contributed by atoms with van der Waals surface area (Å²) in [5, 5.41) is 38.5. The van der Waals surface area contributed by atoms with Gasteiger partial charge in [-0.15, -0.1) is 0 Å². The molecule has 12 heteroatoms. The molecule has 3 fully saturated rings. The number of Topliss-reactive ketones (excluding diaryl/α,β-unsaturated/α-hetero) is 1. The summed E-state index contributed by atoms with van der Waals surface area (Å²) >= 11 is 0. The maximum atomic E-state index is 14.8. The zero-order chi connectivity index (χ0) is 34.0. The van der Waals surface area contributed by atoms with Gasteiger partial charge in [0.1, 0.15) is 6.10 Å². The summed E-state index contributed by atoms with van der Waals surface area (Å²) in [5.74, 6) is -3.43. The third-order valence-electron chi connectivity index (χ3n) is 11.9. The van der Waals surface area contributed by atoms with Crippen LogP contribution < -0.4 is 5.23 Å². The first-order valence-corrected chi connectivity index (χ1v) is 15.9. The lowest BCUT2D eigenvalue weighted by molar-refractivity contribution is -0.302. The van der Waals surface area contributed by atoms with Crippen LogP contribution in [-0.4, -0.2) is 89.4 Å². The zero-order valence-electron chi connectivity index (χ0n) is 27.5. The van der Waals surface area contributed by atoms with Crippen molar-refractivity contribution >= 4 is 31.3 Å². The first kappa shape index (κ1) is 34.4. The molecule has 11 nitrogen and oxygen atoms in total. The second-order valence-electron chi connectivity index (χ2n) is 14.5. The SMILES string of the molecule is CC(=O)O[C@H]1C(=O)[C@@]2(C)[C@H]([C@H](C)[C@]3(O)C[C@H](OC(=O)[C@H](O)[C@@H](N[B]C=O)c4ccccc4)C(C)=C1C3(C)C)[C@]1(C)CO[C@@H]1C[C@@H]2O. The lowest BCUT2D eigenvalue weighted by Crippen LogP contribution is -2.75. The van der Waals surface area contributed by atoms with Crippen LogP contribution in [0.5, 0.6) is 0 Å². The molecule has 1 heterocycles. The average Bonchev–Trinajstić information content (AvgIpc) is 3.00. The van der Waals surface area contributed by atoms with E-state index in [2.05, 4.69) is 5.23 Å². The van der Waals surface area contributed by atoms with Crippen LogP contribution in [0, 0.1) is 28.1 Å². The number of carbonyl (C=O) groups is 4. The Labute approximate surface area is 270 Å². The summed E-state index contributed by atoms with van der Waals surface area (Å²) < 4.78 is 17.6. The van der Waals surface area contributed by atoms with E-state index in [4.69, 9.17) is 14.2 Å². The fraction of sp³-hybridized carbons (Fsp3) is 0.647. The van der Waals surface area contributed by atoms with E-state index in [1.165, 1.54) is 6.92 Å². The smallest absolute Gasteiger partial charge is 0.337 e. The number of benzene rings is 1. The lowest BCUT2D eigenvalue weighted by Gasteiger charge is -2.68. The molecule has 1 aromatic rings. The van der Waals surface area contributed by atoms with Crippen molar-refractivity contribution in [2.75, 3.05) is 6.61 Å². The van der Waals surface area contributed by atoms with Crippen LogP contribution in [0.3, 0.4) is 0 Å². The minimum atomic E-state index is -1.75. The number of aliphatic hydroxyl groups is 3. The molecule has 1 saturated heterocycles. The molecule has 46 heavy (non-hydrogen) atoms. The highest BCUT2D eigenvalue weighted by Gasteiger charge is 2.73. The highest BCUT2D eigenvalue weighted by molar-refractivity contribution is 6.64. The predicted octanol–water partition coefficient (Wildman–Crippen LogP) is 1.82. The Morgan fingerprint density at radius 2 is 1.80 bits per heavy atom. The predicted molar refractivity (Wildman–Crippen MR) is 167 cm³/mol. The van der Waals surface area contributed by atoms with Crippen molar-refractivity contribution in [1.82, 2.24) is 5.23 Å². The van der Waals surface area contributed by atoms with Crippen molar-refractivity contribution < 1.29 is 48.7 Å². The molecule has 3 aliphatic carbocycles. The molecule has 1 radical (unpaired) electrons. The Kier molecular flexibility index (Phi) is 8.96. The average molecular weight is 639 g/mol. The van der Waals surface area contributed by atoms with E-state index in [9.17, 15) is 34.5 Å². The van der Waals surface area contributed by atoms with E-state index < -0.39 is 81.9 Å². The molecule has 4 aliphatic rings. The standard InChI is InChI=1S/C34H45BNO10/c1-17-21(46-30(42)26(40)25(36-35-16-37)20-11-9-8-10-12-20)14-34(43)18(2)28-32(6)15-44-23(32)13-22(39)33(28,7)29(41)27(45-19(3)38)24(17)31(34,4)5/h8-12,16,18,21-23,25-28,36,39-40,43H,13-15H2,1-7H3/t18-,21-,22-,23+,25-,26+,27+,28+,32+,33+,34+/m0/s1. The minimum Gasteiger partial charge on any atom is -0.456 e.